The molecule has 0 aliphatic carbocycles. The van der Waals surface area contributed by atoms with E-state index in [2.05, 4.69) is 9.88 Å². The van der Waals surface area contributed by atoms with Crippen LogP contribution in [0.3, 0.4) is 0 Å². The van der Waals surface area contributed by atoms with Crippen molar-refractivity contribution in [3.63, 3.8) is 0 Å². The van der Waals surface area contributed by atoms with Gasteiger partial charge in [0.2, 0.25) is 5.88 Å². The number of nitrogens with zero attached hydrogens (tertiary/aromatic N) is 2. The molecular weight excluding hydrogens is 230 g/mol. The molecule has 1 aliphatic heterocycles. The van der Waals surface area contributed by atoms with Gasteiger partial charge < -0.3 is 20.1 Å². The monoisotopic (exact) mass is 251 g/mol. The van der Waals surface area contributed by atoms with Crippen molar-refractivity contribution in [1.29, 1.82) is 0 Å². The topological polar surface area (TPSA) is 60.6 Å². The molecule has 5 heteroatoms. The second kappa shape index (κ2) is 5.44. The van der Waals surface area contributed by atoms with Crippen molar-refractivity contribution in [3.05, 3.63) is 12.1 Å². The maximum absolute atomic E-state index is 5.86. The Morgan fingerprint density at radius 2 is 2.28 bits per heavy atom. The molecule has 1 atom stereocenters. The highest BCUT2D eigenvalue weighted by atomic mass is 16.5. The van der Waals surface area contributed by atoms with Crippen LogP contribution in [0.1, 0.15) is 20.3 Å². The maximum Gasteiger partial charge on any atom is 0.239 e. The zero-order valence-electron chi connectivity index (χ0n) is 11.2. The van der Waals surface area contributed by atoms with E-state index < -0.39 is 0 Å². The Morgan fingerprint density at radius 1 is 1.50 bits per heavy atom. The first-order valence-corrected chi connectivity index (χ1v) is 6.31. The highest BCUT2D eigenvalue weighted by Crippen LogP contribution is 2.25. The number of rotatable bonds is 4. The van der Waals surface area contributed by atoms with Crippen LogP contribution in [0.4, 0.5) is 11.5 Å². The second-order valence-electron chi connectivity index (χ2n) is 4.86. The fraction of sp³-hybridized carbons (Fsp3) is 0.615. The summed E-state index contributed by atoms with van der Waals surface area (Å²) in [5.41, 5.74) is 6.43. The van der Waals surface area contributed by atoms with Crippen LogP contribution >= 0.6 is 0 Å². The molecule has 1 aromatic rings. The molecule has 1 saturated heterocycles. The minimum atomic E-state index is 0.0650. The molecule has 1 fully saturated rings. The van der Waals surface area contributed by atoms with Gasteiger partial charge in [-0.25, -0.2) is 0 Å². The smallest absolute Gasteiger partial charge is 0.239 e. The summed E-state index contributed by atoms with van der Waals surface area (Å²) in [6.07, 6.45) is 1.10. The molecule has 18 heavy (non-hydrogen) atoms. The summed E-state index contributed by atoms with van der Waals surface area (Å²) >= 11 is 0. The number of pyridine rings is 1. The minimum absolute atomic E-state index is 0.0650. The van der Waals surface area contributed by atoms with Crippen LogP contribution in [0.25, 0.3) is 0 Å². The Kier molecular flexibility index (Phi) is 3.91. The maximum atomic E-state index is 5.86. The third kappa shape index (κ3) is 2.85. The standard InChI is InChI=1S/C13H21N3O2/c1-9(2)18-13-11(14)4-5-12(15-13)16(3)10-6-7-17-8-10/h4-5,9-10H,6-8,14H2,1-3H3. The number of nitrogens with two attached hydrogens (primary N) is 1. The normalized spacial score (nSPS) is 19.2. The van der Waals surface area contributed by atoms with E-state index in [1.807, 2.05) is 33.0 Å². The van der Waals surface area contributed by atoms with E-state index in [0.29, 0.717) is 17.6 Å². The fourth-order valence-electron chi connectivity index (χ4n) is 1.97. The third-order valence-corrected chi connectivity index (χ3v) is 3.04. The van der Waals surface area contributed by atoms with Gasteiger partial charge in [-0.2, -0.15) is 4.98 Å². The molecule has 2 N–H and O–H groups in total. The Bertz CT molecular complexity index is 403. The van der Waals surface area contributed by atoms with E-state index in [4.69, 9.17) is 15.2 Å². The van der Waals surface area contributed by atoms with E-state index in [1.54, 1.807) is 0 Å². The average Bonchev–Trinajstić information content (AvgIpc) is 2.84. The largest absolute Gasteiger partial charge is 0.473 e. The Morgan fingerprint density at radius 3 is 2.89 bits per heavy atom. The lowest BCUT2D eigenvalue weighted by molar-refractivity contribution is 0.193. The lowest BCUT2D eigenvalue weighted by Gasteiger charge is -2.25. The van der Waals surface area contributed by atoms with E-state index in [1.165, 1.54) is 0 Å². The molecule has 2 rings (SSSR count). The molecule has 0 saturated carbocycles. The zero-order valence-corrected chi connectivity index (χ0v) is 11.2. The molecule has 0 bridgehead atoms. The highest BCUT2D eigenvalue weighted by Gasteiger charge is 2.22. The average molecular weight is 251 g/mol. The Balaban J connectivity index is 2.17. The predicted octanol–water partition coefficient (Wildman–Crippen LogP) is 1.68. The van der Waals surface area contributed by atoms with Gasteiger partial charge in [-0.05, 0) is 32.4 Å². The first-order valence-electron chi connectivity index (χ1n) is 6.31. The zero-order chi connectivity index (χ0) is 13.1. The molecule has 1 aromatic heterocycles. The van der Waals surface area contributed by atoms with Crippen LogP contribution in [-0.4, -0.2) is 37.4 Å². The van der Waals surface area contributed by atoms with E-state index >= 15 is 0 Å². The minimum Gasteiger partial charge on any atom is -0.473 e. The van der Waals surface area contributed by atoms with Gasteiger partial charge in [0.1, 0.15) is 5.82 Å². The molecule has 1 unspecified atom stereocenters. The third-order valence-electron chi connectivity index (χ3n) is 3.04. The summed E-state index contributed by atoms with van der Waals surface area (Å²) < 4.78 is 11.0. The lowest BCUT2D eigenvalue weighted by Crippen LogP contribution is -2.32. The van der Waals surface area contributed by atoms with Gasteiger partial charge in [-0.1, -0.05) is 0 Å². The molecule has 0 amide bonds. The summed E-state index contributed by atoms with van der Waals surface area (Å²) in [4.78, 5) is 6.60. The quantitative estimate of drug-likeness (QED) is 0.882. The van der Waals surface area contributed by atoms with Crippen LogP contribution in [0.2, 0.25) is 0 Å². The number of hydrogen-bond acceptors (Lipinski definition) is 5. The fourth-order valence-corrected chi connectivity index (χ4v) is 1.97. The van der Waals surface area contributed by atoms with E-state index in [0.717, 1.165) is 25.5 Å². The molecule has 1 aliphatic rings. The SMILES string of the molecule is CC(C)Oc1nc(N(C)C2CCOC2)ccc1N. The Labute approximate surface area is 108 Å². The number of hydrogen-bond donors (Lipinski definition) is 1. The number of anilines is 2. The van der Waals surface area contributed by atoms with Crippen molar-refractivity contribution in [2.75, 3.05) is 30.9 Å². The van der Waals surface area contributed by atoms with Gasteiger partial charge in [0.15, 0.2) is 0 Å². The Hall–Kier alpha value is -1.49. The van der Waals surface area contributed by atoms with Crippen LogP contribution in [0.15, 0.2) is 12.1 Å². The molecular formula is C13H21N3O2. The molecule has 2 heterocycles. The molecule has 100 valence electrons. The van der Waals surface area contributed by atoms with Gasteiger partial charge in [0, 0.05) is 13.7 Å². The number of nitrogen functional groups attached to an aromatic ring is 1. The summed E-state index contributed by atoms with van der Waals surface area (Å²) in [7, 11) is 2.02. The van der Waals surface area contributed by atoms with E-state index in [-0.39, 0.29) is 6.10 Å². The number of ether oxygens (including phenoxy) is 2. The van der Waals surface area contributed by atoms with E-state index in [9.17, 15) is 0 Å². The summed E-state index contributed by atoms with van der Waals surface area (Å²) in [6.45, 7) is 5.49. The molecule has 0 radical (unpaired) electrons. The summed E-state index contributed by atoms with van der Waals surface area (Å²) in [6, 6.07) is 4.14. The van der Waals surface area contributed by atoms with Gasteiger partial charge >= 0.3 is 0 Å². The van der Waals surface area contributed by atoms with Crippen molar-refractivity contribution >= 4 is 11.5 Å². The van der Waals surface area contributed by atoms with Crippen LogP contribution in [-0.2, 0) is 4.74 Å². The first-order chi connectivity index (χ1) is 8.58. The van der Waals surface area contributed by atoms with Crippen molar-refractivity contribution in [3.8, 4) is 5.88 Å². The summed E-state index contributed by atoms with van der Waals surface area (Å²) in [5.74, 6) is 1.38. The van der Waals surface area contributed by atoms with Crippen LogP contribution in [0, 0.1) is 0 Å². The van der Waals surface area contributed by atoms with Gasteiger partial charge in [0.25, 0.3) is 0 Å². The summed E-state index contributed by atoms with van der Waals surface area (Å²) in [5, 5.41) is 0. The van der Waals surface area contributed by atoms with Crippen molar-refractivity contribution in [1.82, 2.24) is 4.98 Å². The van der Waals surface area contributed by atoms with Crippen molar-refractivity contribution in [2.24, 2.45) is 0 Å². The first kappa shape index (κ1) is 13.0. The molecule has 0 aromatic carbocycles. The van der Waals surface area contributed by atoms with Gasteiger partial charge in [0.05, 0.1) is 24.4 Å². The van der Waals surface area contributed by atoms with Crippen molar-refractivity contribution in [2.45, 2.75) is 32.4 Å². The predicted molar refractivity (Wildman–Crippen MR) is 72.0 cm³/mol. The second-order valence-corrected chi connectivity index (χ2v) is 4.86. The highest BCUT2D eigenvalue weighted by molar-refractivity contribution is 5.54. The number of aromatic nitrogens is 1. The molecule has 5 nitrogen and oxygen atoms in total. The lowest BCUT2D eigenvalue weighted by atomic mass is 10.2. The number of likely N-dealkylation sites (N-methyl/N-ethyl adjacent to an activating group) is 1. The van der Waals surface area contributed by atoms with Crippen LogP contribution in [0.5, 0.6) is 5.88 Å². The molecule has 0 spiro atoms. The van der Waals surface area contributed by atoms with Crippen molar-refractivity contribution < 1.29 is 9.47 Å². The van der Waals surface area contributed by atoms with Gasteiger partial charge in [-0.3, -0.25) is 0 Å². The van der Waals surface area contributed by atoms with Crippen LogP contribution < -0.4 is 15.4 Å². The van der Waals surface area contributed by atoms with Gasteiger partial charge in [-0.15, -0.1) is 0 Å².